The van der Waals surface area contributed by atoms with Gasteiger partial charge in [0.25, 0.3) is 5.91 Å². The van der Waals surface area contributed by atoms with Crippen LogP contribution >= 0.6 is 0 Å². The third-order valence-corrected chi connectivity index (χ3v) is 8.47. The largest absolute Gasteiger partial charge is 0.476 e. The first-order chi connectivity index (χ1) is 20.4. The van der Waals surface area contributed by atoms with Crippen molar-refractivity contribution in [2.75, 3.05) is 63.3 Å². The lowest BCUT2D eigenvalue weighted by atomic mass is 9.88. The Bertz CT molecular complexity index is 1130. The standard InChI is InChI=1S/C33H53N5O5/c1-8-42-21-25(16-22(2)3)35-30(39)23-17-24(20-34-19-23)31(40)38(26-10-11-26)27-12-13-29-28(18-27)37(15-9-14-36(6)7)32(41)33(4,5)43-29/h12-13,18,22-26,34H,8-11,14-17,19-21H2,1-7H3,(H,35,39). The third-order valence-electron chi connectivity index (χ3n) is 8.47. The maximum Gasteiger partial charge on any atom is 0.270 e. The van der Waals surface area contributed by atoms with Gasteiger partial charge in [0.15, 0.2) is 5.60 Å². The molecule has 0 radical (unpaired) electrons. The second kappa shape index (κ2) is 14.4. The van der Waals surface area contributed by atoms with Crippen LogP contribution in [0.5, 0.6) is 5.75 Å². The molecule has 43 heavy (non-hydrogen) atoms. The predicted octanol–water partition coefficient (Wildman–Crippen LogP) is 3.43. The molecule has 4 rings (SSSR count). The molecule has 2 aliphatic heterocycles. The van der Waals surface area contributed by atoms with Gasteiger partial charge in [0.05, 0.1) is 30.2 Å². The summed E-state index contributed by atoms with van der Waals surface area (Å²) in [6.45, 7) is 13.5. The average molecular weight is 600 g/mol. The Hall–Kier alpha value is -2.69. The Labute approximate surface area is 257 Å². The molecule has 2 heterocycles. The zero-order valence-electron chi connectivity index (χ0n) is 27.3. The first kappa shape index (κ1) is 33.2. The lowest BCUT2D eigenvalue weighted by Gasteiger charge is -2.40. The molecule has 0 aromatic heterocycles. The molecule has 2 N–H and O–H groups in total. The van der Waals surface area contributed by atoms with Crippen molar-refractivity contribution in [2.45, 2.75) is 84.4 Å². The van der Waals surface area contributed by atoms with Crippen LogP contribution in [-0.4, -0.2) is 93.8 Å². The van der Waals surface area contributed by atoms with Gasteiger partial charge < -0.3 is 34.8 Å². The van der Waals surface area contributed by atoms with Crippen molar-refractivity contribution in [3.05, 3.63) is 18.2 Å². The first-order valence-electron chi connectivity index (χ1n) is 16.1. The van der Waals surface area contributed by atoms with E-state index in [1.807, 2.05) is 49.0 Å². The normalized spacial score (nSPS) is 22.3. The molecule has 2 fully saturated rings. The monoisotopic (exact) mass is 599 g/mol. The van der Waals surface area contributed by atoms with Gasteiger partial charge in [-0.3, -0.25) is 14.4 Å². The zero-order chi connectivity index (χ0) is 31.3. The number of piperidine rings is 1. The number of fused-ring (bicyclic) bond motifs is 1. The summed E-state index contributed by atoms with van der Waals surface area (Å²) in [5.41, 5.74) is 0.530. The molecule has 10 nitrogen and oxygen atoms in total. The maximum atomic E-state index is 14.1. The summed E-state index contributed by atoms with van der Waals surface area (Å²) < 4.78 is 11.8. The number of ether oxygens (including phenoxy) is 2. The Kier molecular flexibility index (Phi) is 11.1. The molecule has 3 amide bonds. The molecule has 1 saturated carbocycles. The molecular weight excluding hydrogens is 546 g/mol. The average Bonchev–Trinajstić information content (AvgIpc) is 3.79. The summed E-state index contributed by atoms with van der Waals surface area (Å²) in [5, 5.41) is 6.56. The quantitative estimate of drug-likeness (QED) is 0.338. The Morgan fingerprint density at radius 3 is 2.56 bits per heavy atom. The fraction of sp³-hybridized carbons (Fsp3) is 0.727. The van der Waals surface area contributed by atoms with Crippen LogP contribution in [0.15, 0.2) is 18.2 Å². The van der Waals surface area contributed by atoms with Crippen molar-refractivity contribution in [1.82, 2.24) is 15.5 Å². The van der Waals surface area contributed by atoms with Gasteiger partial charge in [-0.25, -0.2) is 0 Å². The topological polar surface area (TPSA) is 103 Å². The summed E-state index contributed by atoms with van der Waals surface area (Å²) in [6.07, 6.45) is 4.05. The molecule has 0 spiro atoms. The number of carbonyl (C=O) groups excluding carboxylic acids is 3. The molecule has 1 aromatic carbocycles. The van der Waals surface area contributed by atoms with E-state index in [1.165, 1.54) is 0 Å². The molecule has 3 aliphatic rings. The van der Waals surface area contributed by atoms with E-state index in [0.29, 0.717) is 56.6 Å². The second-order valence-corrected chi connectivity index (χ2v) is 13.6. The third kappa shape index (κ3) is 8.48. The number of nitrogens with zero attached hydrogens (tertiary/aromatic N) is 3. The summed E-state index contributed by atoms with van der Waals surface area (Å²) in [4.78, 5) is 46.7. The molecule has 3 atom stereocenters. The number of hydrogen-bond donors (Lipinski definition) is 2. The van der Waals surface area contributed by atoms with Crippen LogP contribution in [0.2, 0.25) is 0 Å². The lowest BCUT2D eigenvalue weighted by Crippen LogP contribution is -2.53. The molecule has 1 aromatic rings. The van der Waals surface area contributed by atoms with Gasteiger partial charge in [0, 0.05) is 38.0 Å². The highest BCUT2D eigenvalue weighted by Crippen LogP contribution is 2.43. The molecule has 1 saturated heterocycles. The van der Waals surface area contributed by atoms with E-state index < -0.39 is 5.60 Å². The predicted molar refractivity (Wildman–Crippen MR) is 170 cm³/mol. The van der Waals surface area contributed by atoms with E-state index in [9.17, 15) is 14.4 Å². The molecule has 1 aliphatic carbocycles. The van der Waals surface area contributed by atoms with Gasteiger partial charge in [-0.05, 0) is 97.6 Å². The van der Waals surface area contributed by atoms with Crippen LogP contribution < -0.4 is 25.2 Å². The van der Waals surface area contributed by atoms with Crippen molar-refractivity contribution in [1.29, 1.82) is 0 Å². The van der Waals surface area contributed by atoms with E-state index in [-0.39, 0.29) is 41.6 Å². The smallest absolute Gasteiger partial charge is 0.270 e. The van der Waals surface area contributed by atoms with Gasteiger partial charge in [0.1, 0.15) is 5.75 Å². The minimum Gasteiger partial charge on any atom is -0.476 e. The lowest BCUT2D eigenvalue weighted by molar-refractivity contribution is -0.132. The van der Waals surface area contributed by atoms with Crippen molar-refractivity contribution in [3.8, 4) is 5.75 Å². The SMILES string of the molecule is CCOCC(CC(C)C)NC(=O)C1CNCC(C(=O)N(c2ccc3c(c2)N(CCCN(C)C)C(=O)C(C)(C)O3)C2CC2)C1. The Balaban J connectivity index is 1.51. The van der Waals surface area contributed by atoms with Crippen LogP contribution in [0.4, 0.5) is 11.4 Å². The van der Waals surface area contributed by atoms with Crippen molar-refractivity contribution in [3.63, 3.8) is 0 Å². The van der Waals surface area contributed by atoms with E-state index in [1.54, 1.807) is 13.8 Å². The van der Waals surface area contributed by atoms with Crippen LogP contribution in [0.25, 0.3) is 0 Å². The summed E-state index contributed by atoms with van der Waals surface area (Å²) in [7, 11) is 4.05. The van der Waals surface area contributed by atoms with Crippen molar-refractivity contribution >= 4 is 29.1 Å². The number of anilines is 2. The van der Waals surface area contributed by atoms with Crippen LogP contribution in [0.1, 0.15) is 66.7 Å². The number of benzene rings is 1. The van der Waals surface area contributed by atoms with E-state index in [0.717, 1.165) is 37.9 Å². The zero-order valence-corrected chi connectivity index (χ0v) is 27.3. The fourth-order valence-corrected chi connectivity index (χ4v) is 6.17. The van der Waals surface area contributed by atoms with Gasteiger partial charge in [-0.1, -0.05) is 13.8 Å². The number of carbonyl (C=O) groups is 3. The van der Waals surface area contributed by atoms with Gasteiger partial charge >= 0.3 is 0 Å². The molecule has 240 valence electrons. The highest BCUT2D eigenvalue weighted by Gasteiger charge is 2.43. The van der Waals surface area contributed by atoms with E-state index in [4.69, 9.17) is 9.47 Å². The number of amides is 3. The second-order valence-electron chi connectivity index (χ2n) is 13.6. The number of hydrogen-bond acceptors (Lipinski definition) is 7. The van der Waals surface area contributed by atoms with Crippen LogP contribution in [-0.2, 0) is 19.1 Å². The summed E-state index contributed by atoms with van der Waals surface area (Å²) >= 11 is 0. The highest BCUT2D eigenvalue weighted by atomic mass is 16.5. The fourth-order valence-electron chi connectivity index (χ4n) is 6.17. The maximum absolute atomic E-state index is 14.1. The molecule has 3 unspecified atom stereocenters. The molecular formula is C33H53N5O5. The summed E-state index contributed by atoms with van der Waals surface area (Å²) in [6, 6.07) is 5.85. The Morgan fingerprint density at radius 1 is 1.19 bits per heavy atom. The van der Waals surface area contributed by atoms with Crippen LogP contribution in [0.3, 0.4) is 0 Å². The van der Waals surface area contributed by atoms with Gasteiger partial charge in [-0.2, -0.15) is 0 Å². The minimum atomic E-state index is -0.959. The summed E-state index contributed by atoms with van der Waals surface area (Å²) in [5.74, 6) is 0.417. The molecule has 0 bridgehead atoms. The van der Waals surface area contributed by atoms with Crippen molar-refractivity contribution in [2.24, 2.45) is 17.8 Å². The minimum absolute atomic E-state index is 0.0197. The van der Waals surface area contributed by atoms with E-state index in [2.05, 4.69) is 29.4 Å². The molecule has 10 heteroatoms. The van der Waals surface area contributed by atoms with E-state index >= 15 is 0 Å². The first-order valence-corrected chi connectivity index (χ1v) is 16.1. The van der Waals surface area contributed by atoms with Crippen LogP contribution in [0, 0.1) is 17.8 Å². The number of rotatable bonds is 14. The Morgan fingerprint density at radius 2 is 1.91 bits per heavy atom. The highest BCUT2D eigenvalue weighted by molar-refractivity contribution is 6.04. The van der Waals surface area contributed by atoms with Gasteiger partial charge in [-0.15, -0.1) is 0 Å². The number of nitrogens with one attached hydrogen (secondary N) is 2. The van der Waals surface area contributed by atoms with Gasteiger partial charge in [0.2, 0.25) is 11.8 Å². The van der Waals surface area contributed by atoms with Crippen molar-refractivity contribution < 1.29 is 23.9 Å².